The van der Waals surface area contributed by atoms with E-state index in [1.54, 1.807) is 0 Å². The SMILES string of the molecule is [2H]c1c([2H])c(N(c2ccccc2)c2ccc(-c3ccccc3)cc2)c([2H])c([2H])c1-c1cccc2c(N(c3ccc(-c4ccccc4)cc3)c3ccc4c5ccccc5n(-c5ccccc5)c4c3)cccc12. The van der Waals surface area contributed by atoms with E-state index in [1.165, 1.54) is 5.39 Å². The maximum atomic E-state index is 9.73. The van der Waals surface area contributed by atoms with E-state index in [0.717, 1.165) is 83.6 Å². The molecule has 1 aromatic heterocycles. The Balaban J connectivity index is 1.03. The molecule has 0 saturated carbocycles. The lowest BCUT2D eigenvalue weighted by Crippen LogP contribution is -2.11. The van der Waals surface area contributed by atoms with Gasteiger partial charge in [0, 0.05) is 50.3 Å². The van der Waals surface area contributed by atoms with Gasteiger partial charge in [-0.25, -0.2) is 0 Å². The number of rotatable bonds is 10. The van der Waals surface area contributed by atoms with Gasteiger partial charge in [-0.2, -0.15) is 0 Å². The van der Waals surface area contributed by atoms with Gasteiger partial charge in [-0.3, -0.25) is 0 Å². The van der Waals surface area contributed by atoms with Crippen molar-refractivity contribution in [2.45, 2.75) is 0 Å². The van der Waals surface area contributed by atoms with Gasteiger partial charge in [-0.1, -0.05) is 188 Å². The highest BCUT2D eigenvalue weighted by atomic mass is 15.1. The van der Waals surface area contributed by atoms with Crippen LogP contribution in [-0.4, -0.2) is 4.57 Å². The van der Waals surface area contributed by atoms with E-state index < -0.39 is 0 Å². The molecule has 3 heteroatoms. The molecule has 3 nitrogen and oxygen atoms in total. The second-order valence-electron chi connectivity index (χ2n) is 16.6. The Morgan fingerprint density at radius 3 is 1.42 bits per heavy atom. The normalized spacial score (nSPS) is 12.1. The van der Waals surface area contributed by atoms with Crippen LogP contribution in [-0.2, 0) is 0 Å². The Labute approximate surface area is 396 Å². The van der Waals surface area contributed by atoms with Gasteiger partial charge in [0.2, 0.25) is 0 Å². The zero-order chi connectivity index (χ0) is 48.0. The van der Waals surface area contributed by atoms with Crippen molar-refractivity contribution in [3.63, 3.8) is 0 Å². The fourth-order valence-corrected chi connectivity index (χ4v) is 9.49. The number of benzene rings is 11. The molecular weight excluding hydrogens is 811 g/mol. The Kier molecular flexibility index (Phi) is 9.11. The maximum Gasteiger partial charge on any atom is 0.0645 e. The zero-order valence-corrected chi connectivity index (χ0v) is 36.5. The van der Waals surface area contributed by atoms with Crippen molar-refractivity contribution in [1.29, 1.82) is 0 Å². The molecule has 0 amide bonds. The minimum absolute atomic E-state index is 0.117. The maximum absolute atomic E-state index is 9.73. The van der Waals surface area contributed by atoms with Crippen LogP contribution >= 0.6 is 0 Å². The third kappa shape index (κ3) is 7.39. The molecule has 0 aliphatic heterocycles. The number of para-hydroxylation sites is 3. The minimum atomic E-state index is -0.132. The fraction of sp³-hybridized carbons (Fsp3) is 0. The van der Waals surface area contributed by atoms with Crippen LogP contribution in [0.25, 0.3) is 71.6 Å². The van der Waals surface area contributed by atoms with Gasteiger partial charge in [-0.05, 0) is 124 Å². The monoisotopic (exact) mass is 859 g/mol. The van der Waals surface area contributed by atoms with Crippen molar-refractivity contribution in [1.82, 2.24) is 4.57 Å². The van der Waals surface area contributed by atoms with Gasteiger partial charge < -0.3 is 14.4 Å². The van der Waals surface area contributed by atoms with Crippen molar-refractivity contribution >= 4 is 66.7 Å². The van der Waals surface area contributed by atoms with Crippen LogP contribution < -0.4 is 9.80 Å². The molecule has 0 N–H and O–H groups in total. The van der Waals surface area contributed by atoms with E-state index in [9.17, 15) is 5.48 Å². The average molecular weight is 860 g/mol. The highest BCUT2D eigenvalue weighted by Crippen LogP contribution is 2.45. The van der Waals surface area contributed by atoms with Gasteiger partial charge in [-0.15, -0.1) is 0 Å². The van der Waals surface area contributed by atoms with E-state index in [-0.39, 0.29) is 35.4 Å². The first-order valence-corrected chi connectivity index (χ1v) is 22.6. The molecule has 316 valence electrons. The molecule has 0 bridgehead atoms. The van der Waals surface area contributed by atoms with Crippen LogP contribution in [0.4, 0.5) is 34.1 Å². The first-order valence-electron chi connectivity index (χ1n) is 24.6. The number of hydrogen-bond acceptors (Lipinski definition) is 2. The Hall–Kier alpha value is -8.92. The summed E-state index contributed by atoms with van der Waals surface area (Å²) < 4.78 is 41.2. The second kappa shape index (κ2) is 17.2. The predicted molar refractivity (Wildman–Crippen MR) is 284 cm³/mol. The zero-order valence-electron chi connectivity index (χ0n) is 40.5. The van der Waals surface area contributed by atoms with Gasteiger partial charge in [0.1, 0.15) is 0 Å². The molecule has 0 aliphatic carbocycles. The number of fused-ring (bicyclic) bond motifs is 4. The third-order valence-electron chi connectivity index (χ3n) is 12.7. The topological polar surface area (TPSA) is 11.4 Å². The van der Waals surface area contributed by atoms with Gasteiger partial charge in [0.05, 0.1) is 22.2 Å². The number of nitrogens with zero attached hydrogens (tertiary/aromatic N) is 3. The molecular formula is C64H45N3. The van der Waals surface area contributed by atoms with Crippen LogP contribution in [0.3, 0.4) is 0 Å². The van der Waals surface area contributed by atoms with Crippen molar-refractivity contribution in [2.75, 3.05) is 9.80 Å². The van der Waals surface area contributed by atoms with Crippen LogP contribution in [0, 0.1) is 0 Å². The second-order valence-corrected chi connectivity index (χ2v) is 16.6. The molecule has 0 aliphatic rings. The van der Waals surface area contributed by atoms with Crippen molar-refractivity contribution in [3.05, 3.63) is 273 Å². The fourth-order valence-electron chi connectivity index (χ4n) is 9.49. The quantitative estimate of drug-likeness (QED) is 0.136. The van der Waals surface area contributed by atoms with E-state index in [1.807, 2.05) is 114 Å². The van der Waals surface area contributed by atoms with Crippen LogP contribution in [0.1, 0.15) is 5.48 Å². The highest BCUT2D eigenvalue weighted by Gasteiger charge is 2.21. The van der Waals surface area contributed by atoms with Crippen molar-refractivity contribution in [3.8, 4) is 39.1 Å². The van der Waals surface area contributed by atoms with E-state index in [4.69, 9.17) is 0 Å². The number of aromatic nitrogens is 1. The third-order valence-corrected chi connectivity index (χ3v) is 12.7. The summed E-state index contributed by atoms with van der Waals surface area (Å²) in [7, 11) is 0. The minimum Gasteiger partial charge on any atom is -0.311 e. The smallest absolute Gasteiger partial charge is 0.0645 e. The van der Waals surface area contributed by atoms with Crippen LogP contribution in [0.15, 0.2) is 273 Å². The summed E-state index contributed by atoms with van der Waals surface area (Å²) in [6, 6.07) is 84.1. The molecule has 1 heterocycles. The molecule has 0 saturated heterocycles. The van der Waals surface area contributed by atoms with Crippen molar-refractivity contribution < 1.29 is 5.48 Å². The summed E-state index contributed by atoms with van der Waals surface area (Å²) >= 11 is 0. The highest BCUT2D eigenvalue weighted by molar-refractivity contribution is 6.11. The van der Waals surface area contributed by atoms with Crippen LogP contribution in [0.2, 0.25) is 0 Å². The Bertz CT molecular complexity index is 3870. The Morgan fingerprint density at radius 1 is 0.284 bits per heavy atom. The van der Waals surface area contributed by atoms with Crippen molar-refractivity contribution in [2.24, 2.45) is 0 Å². The lowest BCUT2D eigenvalue weighted by molar-refractivity contribution is 1.18. The van der Waals surface area contributed by atoms with Crippen LogP contribution in [0.5, 0.6) is 0 Å². The molecule has 12 aromatic rings. The summed E-state index contributed by atoms with van der Waals surface area (Å²) in [4.78, 5) is 4.11. The summed E-state index contributed by atoms with van der Waals surface area (Å²) in [5, 5.41) is 4.02. The number of anilines is 6. The van der Waals surface area contributed by atoms with E-state index in [0.29, 0.717) is 5.56 Å². The van der Waals surface area contributed by atoms with Gasteiger partial charge in [0.25, 0.3) is 0 Å². The average Bonchev–Trinajstić information content (AvgIpc) is 3.77. The lowest BCUT2D eigenvalue weighted by Gasteiger charge is -2.28. The number of hydrogen-bond donors (Lipinski definition) is 0. The molecule has 0 fully saturated rings. The largest absolute Gasteiger partial charge is 0.311 e. The summed E-state index contributed by atoms with van der Waals surface area (Å²) in [5.74, 6) is 0. The lowest BCUT2D eigenvalue weighted by atomic mass is 9.96. The first kappa shape index (κ1) is 35.4. The van der Waals surface area contributed by atoms with Gasteiger partial charge in [0.15, 0.2) is 0 Å². The predicted octanol–water partition coefficient (Wildman–Crippen LogP) is 17.9. The van der Waals surface area contributed by atoms with E-state index in [2.05, 4.69) is 149 Å². The summed E-state index contributed by atoms with van der Waals surface area (Å²) in [6.45, 7) is 0. The molecule has 0 unspecified atom stereocenters. The molecule has 12 rings (SSSR count). The molecule has 67 heavy (non-hydrogen) atoms. The van der Waals surface area contributed by atoms with Gasteiger partial charge >= 0.3 is 0 Å². The molecule has 11 aromatic carbocycles. The first-order chi connectivity index (χ1) is 34.9. The Morgan fingerprint density at radius 2 is 0.761 bits per heavy atom. The molecule has 0 radical (unpaired) electrons. The summed E-state index contributed by atoms with van der Waals surface area (Å²) in [6.07, 6.45) is 0. The van der Waals surface area contributed by atoms with E-state index >= 15 is 0 Å². The standard InChI is InChI=1S/C64H45N3/c1-5-17-46(18-6-1)48-31-37-53(38-32-48)65(51-21-9-3-10-22-51)54-41-35-50(36-42-54)57-26-15-28-59-58(57)27-16-30-62(59)66(55-39-33-49(34-40-55)47-19-7-2-8-20-47)56-43-44-61-60-25-13-14-29-63(60)67(64(61)45-56)52-23-11-4-12-24-52/h1-45H/i35D,36D,41D,42D. The molecule has 0 spiro atoms. The summed E-state index contributed by atoms with van der Waals surface area (Å²) in [5.41, 5.74) is 12.9. The molecule has 0 atom stereocenters.